The molecule has 0 saturated heterocycles. The fraction of sp³-hybridized carbons (Fsp3) is 0.700. The van der Waals surface area contributed by atoms with E-state index in [1.54, 1.807) is 0 Å². The minimum Gasteiger partial charge on any atom is -0.0683 e. The Hall–Kier alpha value is -0.780. The Labute approximate surface area is 129 Å². The summed E-state index contributed by atoms with van der Waals surface area (Å²) in [6.45, 7) is 24.0. The molecule has 0 aliphatic carbocycles. The van der Waals surface area contributed by atoms with Gasteiger partial charge in [-0.25, -0.2) is 0 Å². The summed E-state index contributed by atoms with van der Waals surface area (Å²) in [6, 6.07) is 7.01. The van der Waals surface area contributed by atoms with Gasteiger partial charge in [0, 0.05) is 0 Å². The average molecular weight is 279 g/mol. The molecule has 0 bridgehead atoms. The van der Waals surface area contributed by atoms with E-state index in [-0.39, 0.29) is 5.41 Å². The zero-order chi connectivity index (χ0) is 16.5. The summed E-state index contributed by atoms with van der Waals surface area (Å²) in [6.07, 6.45) is 0. The van der Waals surface area contributed by atoms with Crippen LogP contribution in [-0.2, 0) is 5.41 Å². The minimum atomic E-state index is 0.241. The van der Waals surface area contributed by atoms with Crippen LogP contribution in [0.3, 0.4) is 0 Å². The van der Waals surface area contributed by atoms with Crippen molar-refractivity contribution in [2.24, 2.45) is 0 Å². The van der Waals surface area contributed by atoms with E-state index in [4.69, 9.17) is 0 Å². The van der Waals surface area contributed by atoms with Crippen LogP contribution in [0.4, 0.5) is 0 Å². The molecule has 20 heavy (non-hydrogen) atoms. The third-order valence-corrected chi connectivity index (χ3v) is 3.17. The molecule has 0 heterocycles. The van der Waals surface area contributed by atoms with E-state index in [9.17, 15) is 0 Å². The van der Waals surface area contributed by atoms with E-state index in [0.717, 1.165) is 0 Å². The lowest BCUT2D eigenvalue weighted by Crippen LogP contribution is -2.15. The van der Waals surface area contributed by atoms with Crippen molar-refractivity contribution in [2.75, 3.05) is 0 Å². The van der Waals surface area contributed by atoms with Crippen LogP contribution in [0.1, 0.15) is 105 Å². The van der Waals surface area contributed by atoms with E-state index < -0.39 is 0 Å². The first kappa shape index (κ1) is 21.5. The second-order valence-electron chi connectivity index (χ2n) is 6.41. The molecule has 0 radical (unpaired) electrons. The second-order valence-corrected chi connectivity index (χ2v) is 6.41. The topological polar surface area (TPSA) is 0 Å². The van der Waals surface area contributed by atoms with Crippen LogP contribution < -0.4 is 0 Å². The van der Waals surface area contributed by atoms with Gasteiger partial charge in [-0.15, -0.1) is 0 Å². The molecule has 0 nitrogen and oxygen atoms in total. The highest BCUT2D eigenvalue weighted by Gasteiger charge is 2.20. The molecule has 1 rings (SSSR count). The molecule has 0 N–H and O–H groups in total. The van der Waals surface area contributed by atoms with Crippen LogP contribution in [0, 0.1) is 0 Å². The predicted octanol–water partition coefficient (Wildman–Crippen LogP) is 7.28. The first-order valence-corrected chi connectivity index (χ1v) is 8.37. The van der Waals surface area contributed by atoms with Crippen LogP contribution in [0.15, 0.2) is 18.2 Å². The first-order chi connectivity index (χ1) is 9.23. The zero-order valence-electron chi connectivity index (χ0n) is 15.9. The normalized spacial score (nSPS) is 10.7. The van der Waals surface area contributed by atoms with Gasteiger partial charge in [0.2, 0.25) is 0 Å². The number of benzene rings is 1. The van der Waals surface area contributed by atoms with Gasteiger partial charge in [0.05, 0.1) is 0 Å². The largest absolute Gasteiger partial charge is 0.0683 e. The molecule has 0 unspecified atom stereocenters. The maximum atomic E-state index is 2.40. The van der Waals surface area contributed by atoms with Crippen molar-refractivity contribution in [3.63, 3.8) is 0 Å². The van der Waals surface area contributed by atoms with Crippen LogP contribution in [0.5, 0.6) is 0 Å². The highest BCUT2D eigenvalue weighted by Crippen LogP contribution is 2.32. The van der Waals surface area contributed by atoms with Gasteiger partial charge in [-0.2, -0.15) is 0 Å². The predicted molar refractivity (Wildman–Crippen MR) is 96.0 cm³/mol. The Morgan fingerprint density at radius 1 is 0.750 bits per heavy atom. The van der Waals surface area contributed by atoms with E-state index in [1.165, 1.54) is 16.7 Å². The van der Waals surface area contributed by atoms with Crippen LogP contribution in [-0.4, -0.2) is 0 Å². The van der Waals surface area contributed by atoms with Crippen molar-refractivity contribution in [3.05, 3.63) is 34.9 Å². The van der Waals surface area contributed by atoms with Crippen molar-refractivity contribution >= 4 is 0 Å². The van der Waals surface area contributed by atoms with Crippen LogP contribution in [0.25, 0.3) is 0 Å². The Morgan fingerprint density at radius 3 is 1.50 bits per heavy atom. The summed E-state index contributed by atoms with van der Waals surface area (Å²) in [4.78, 5) is 0. The van der Waals surface area contributed by atoms with E-state index in [0.29, 0.717) is 11.8 Å². The molecular weight excluding hydrogens is 240 g/mol. The molecular formula is C20H38. The monoisotopic (exact) mass is 278 g/mol. The van der Waals surface area contributed by atoms with Crippen molar-refractivity contribution in [2.45, 2.75) is 93.4 Å². The lowest BCUT2D eigenvalue weighted by molar-refractivity contribution is 0.575. The molecule has 1 aromatic rings. The average Bonchev–Trinajstić information content (AvgIpc) is 2.41. The fourth-order valence-corrected chi connectivity index (χ4v) is 2.09. The third kappa shape index (κ3) is 6.59. The van der Waals surface area contributed by atoms with E-state index in [2.05, 4.69) is 66.7 Å². The molecule has 0 amide bonds. The molecule has 0 fully saturated rings. The summed E-state index contributed by atoms with van der Waals surface area (Å²) in [5.41, 5.74) is 4.70. The minimum absolute atomic E-state index is 0.241. The number of hydrogen-bond acceptors (Lipinski definition) is 0. The van der Waals surface area contributed by atoms with Crippen molar-refractivity contribution < 1.29 is 0 Å². The maximum Gasteiger partial charge on any atom is -0.0129 e. The van der Waals surface area contributed by atoms with Crippen molar-refractivity contribution in [1.29, 1.82) is 0 Å². The quantitative estimate of drug-likeness (QED) is 0.533. The Bertz CT molecular complexity index is 351. The molecule has 0 heteroatoms. The lowest BCUT2D eigenvalue weighted by Gasteiger charge is -2.26. The van der Waals surface area contributed by atoms with E-state index >= 15 is 0 Å². The summed E-state index contributed by atoms with van der Waals surface area (Å²) in [5, 5.41) is 0. The van der Waals surface area contributed by atoms with E-state index in [1.807, 2.05) is 27.7 Å². The Morgan fingerprint density at radius 2 is 1.20 bits per heavy atom. The molecule has 0 aromatic heterocycles. The zero-order valence-corrected chi connectivity index (χ0v) is 15.9. The summed E-state index contributed by atoms with van der Waals surface area (Å²) >= 11 is 0. The summed E-state index contributed by atoms with van der Waals surface area (Å²) < 4.78 is 0. The van der Waals surface area contributed by atoms with Gasteiger partial charge in [-0.1, -0.05) is 94.4 Å². The van der Waals surface area contributed by atoms with Gasteiger partial charge >= 0.3 is 0 Å². The first-order valence-electron chi connectivity index (χ1n) is 8.37. The Balaban J connectivity index is 0. The molecule has 0 atom stereocenters. The highest BCUT2D eigenvalue weighted by atomic mass is 14.2. The lowest BCUT2D eigenvalue weighted by atomic mass is 9.79. The summed E-state index contributed by atoms with van der Waals surface area (Å²) in [5.74, 6) is 1.22. The number of rotatable bonds is 2. The van der Waals surface area contributed by atoms with Crippen LogP contribution >= 0.6 is 0 Å². The van der Waals surface area contributed by atoms with Gasteiger partial charge in [-0.05, 0) is 33.9 Å². The second kappa shape index (κ2) is 10.0. The number of hydrogen-bond donors (Lipinski definition) is 0. The molecule has 0 aliphatic heterocycles. The van der Waals surface area contributed by atoms with Crippen molar-refractivity contribution in [1.82, 2.24) is 0 Å². The van der Waals surface area contributed by atoms with Gasteiger partial charge in [-0.3, -0.25) is 0 Å². The molecule has 1 aromatic carbocycles. The summed E-state index contributed by atoms with van der Waals surface area (Å²) in [7, 11) is 0. The fourth-order valence-electron chi connectivity index (χ4n) is 2.09. The van der Waals surface area contributed by atoms with Crippen molar-refractivity contribution in [3.8, 4) is 0 Å². The highest BCUT2D eigenvalue weighted by molar-refractivity contribution is 5.39. The van der Waals surface area contributed by atoms with Gasteiger partial charge < -0.3 is 0 Å². The maximum absolute atomic E-state index is 2.40. The van der Waals surface area contributed by atoms with Crippen LogP contribution in [0.2, 0.25) is 0 Å². The molecule has 0 spiro atoms. The van der Waals surface area contributed by atoms with Gasteiger partial charge in [0.15, 0.2) is 0 Å². The smallest absolute Gasteiger partial charge is 0.0129 e. The Kier molecular flexibility index (Phi) is 10.8. The standard InChI is InChI=1S/C16H26.2C2H6/c1-11(2)13-8-9-14(12(3)4)15(10-13)16(5,6)7;2*1-2/h8-12H,1-7H3;2*1-2H3. The van der Waals surface area contributed by atoms with Gasteiger partial charge in [0.25, 0.3) is 0 Å². The molecule has 0 aliphatic rings. The van der Waals surface area contributed by atoms with Gasteiger partial charge in [0.1, 0.15) is 0 Å². The molecule has 0 saturated carbocycles. The molecule has 118 valence electrons. The SMILES string of the molecule is CC.CC.CC(C)c1ccc(C(C)C)c(C(C)(C)C)c1. The third-order valence-electron chi connectivity index (χ3n) is 3.17.